The highest BCUT2D eigenvalue weighted by molar-refractivity contribution is 5.71. The summed E-state index contributed by atoms with van der Waals surface area (Å²) in [5.41, 5.74) is 4.41. The number of aromatic nitrogens is 6. The van der Waals surface area contributed by atoms with E-state index in [4.69, 9.17) is 0 Å². The second kappa shape index (κ2) is 7.66. The quantitative estimate of drug-likeness (QED) is 0.519. The van der Waals surface area contributed by atoms with E-state index in [1.807, 2.05) is 33.9 Å². The molecular weight excluding hydrogens is 388 g/mol. The third kappa shape index (κ3) is 3.66. The van der Waals surface area contributed by atoms with Gasteiger partial charge >= 0.3 is 0 Å². The van der Waals surface area contributed by atoms with Gasteiger partial charge in [-0.3, -0.25) is 4.68 Å². The molecule has 0 saturated carbocycles. The lowest BCUT2D eigenvalue weighted by Crippen LogP contribution is -2.04. The topological polar surface area (TPSA) is 73.5 Å². The van der Waals surface area contributed by atoms with Gasteiger partial charge in [0, 0.05) is 35.5 Å². The molecule has 0 fully saturated rings. The van der Waals surface area contributed by atoms with Gasteiger partial charge < -0.3 is 5.32 Å². The summed E-state index contributed by atoms with van der Waals surface area (Å²) in [5.74, 6) is 1.85. The Labute approximate surface area is 172 Å². The summed E-state index contributed by atoms with van der Waals surface area (Å²) in [4.78, 5) is 8.59. The maximum atomic E-state index is 12.8. The van der Waals surface area contributed by atoms with Gasteiger partial charge in [0.2, 0.25) is 0 Å². The highest BCUT2D eigenvalue weighted by Crippen LogP contribution is 2.31. The Morgan fingerprint density at radius 3 is 2.33 bits per heavy atom. The third-order valence-corrected chi connectivity index (χ3v) is 4.85. The molecule has 0 saturated heterocycles. The molecule has 0 spiro atoms. The number of nitrogens with one attached hydrogen (secondary N) is 1. The summed E-state index contributed by atoms with van der Waals surface area (Å²) in [6.45, 7) is 5.81. The maximum absolute atomic E-state index is 12.8. The van der Waals surface area contributed by atoms with Crippen molar-refractivity contribution in [3.05, 3.63) is 65.2 Å². The van der Waals surface area contributed by atoms with Gasteiger partial charge in [0.1, 0.15) is 12.1 Å². The van der Waals surface area contributed by atoms with Gasteiger partial charge in [-0.15, -0.1) is 0 Å². The van der Waals surface area contributed by atoms with Crippen molar-refractivity contribution < 1.29 is 8.78 Å². The molecule has 0 aliphatic rings. The number of aryl methyl sites for hydroxylation is 3. The molecule has 0 aliphatic carbocycles. The molecule has 4 aromatic rings. The summed E-state index contributed by atoms with van der Waals surface area (Å²) in [5, 5.41) is 12.2. The first kappa shape index (κ1) is 19.7. The van der Waals surface area contributed by atoms with Gasteiger partial charge in [-0.05, 0) is 26.8 Å². The molecule has 1 N–H and O–H groups in total. The molecule has 7 nitrogen and oxygen atoms in total. The van der Waals surface area contributed by atoms with Crippen molar-refractivity contribution in [3.8, 4) is 17.1 Å². The number of hydrogen-bond donors (Lipinski definition) is 1. The van der Waals surface area contributed by atoms with E-state index in [0.29, 0.717) is 17.5 Å². The van der Waals surface area contributed by atoms with E-state index in [1.54, 1.807) is 27.6 Å². The molecule has 9 heteroatoms. The first-order valence-corrected chi connectivity index (χ1v) is 9.38. The monoisotopic (exact) mass is 409 g/mol. The van der Waals surface area contributed by atoms with E-state index < -0.39 is 6.43 Å². The Bertz CT molecular complexity index is 1190. The average Bonchev–Trinajstić information content (AvgIpc) is 3.19. The maximum Gasteiger partial charge on any atom is 0.263 e. The molecule has 4 rings (SSSR count). The van der Waals surface area contributed by atoms with Crippen molar-refractivity contribution in [3.63, 3.8) is 0 Å². The number of benzene rings is 1. The number of rotatable bonds is 5. The number of nitrogens with zero attached hydrogens (tertiary/aromatic N) is 6. The van der Waals surface area contributed by atoms with Gasteiger partial charge in [0.05, 0.1) is 11.4 Å². The molecule has 3 heterocycles. The normalized spacial score (nSPS) is 11.3. The van der Waals surface area contributed by atoms with E-state index in [-0.39, 0.29) is 5.56 Å². The zero-order chi connectivity index (χ0) is 21.4. The largest absolute Gasteiger partial charge is 0.323 e. The SMILES string of the molecule is Cc1cc(C)n(-c2cc(Nc3nn(C)c(-c4ccc(C(F)F)cc4)c3C)ncn2)n1. The van der Waals surface area contributed by atoms with E-state index in [2.05, 4.69) is 25.5 Å². The summed E-state index contributed by atoms with van der Waals surface area (Å²) >= 11 is 0. The highest BCUT2D eigenvalue weighted by Gasteiger charge is 2.16. The molecule has 3 aromatic heterocycles. The van der Waals surface area contributed by atoms with Crippen LogP contribution in [-0.4, -0.2) is 29.5 Å². The van der Waals surface area contributed by atoms with Crippen LogP contribution in [0.5, 0.6) is 0 Å². The number of anilines is 2. The van der Waals surface area contributed by atoms with Crippen LogP contribution in [0.15, 0.2) is 42.7 Å². The molecule has 0 atom stereocenters. The zero-order valence-corrected chi connectivity index (χ0v) is 17.1. The van der Waals surface area contributed by atoms with Crippen LogP contribution in [0.3, 0.4) is 0 Å². The minimum atomic E-state index is -2.49. The summed E-state index contributed by atoms with van der Waals surface area (Å²) in [6.07, 6.45) is -1.02. The summed E-state index contributed by atoms with van der Waals surface area (Å²) in [7, 11) is 1.82. The molecule has 0 radical (unpaired) electrons. The van der Waals surface area contributed by atoms with E-state index in [9.17, 15) is 8.78 Å². The Morgan fingerprint density at radius 1 is 0.967 bits per heavy atom. The van der Waals surface area contributed by atoms with E-state index in [0.717, 1.165) is 28.2 Å². The molecular formula is C21H21F2N7. The highest BCUT2D eigenvalue weighted by atomic mass is 19.3. The fraction of sp³-hybridized carbons (Fsp3) is 0.238. The van der Waals surface area contributed by atoms with E-state index >= 15 is 0 Å². The van der Waals surface area contributed by atoms with Crippen LogP contribution in [0.2, 0.25) is 0 Å². The Balaban J connectivity index is 1.64. The van der Waals surface area contributed by atoms with Crippen LogP contribution in [-0.2, 0) is 7.05 Å². The summed E-state index contributed by atoms with van der Waals surface area (Å²) in [6, 6.07) is 10.0. The molecule has 0 amide bonds. The minimum absolute atomic E-state index is 0.00501. The minimum Gasteiger partial charge on any atom is -0.323 e. The van der Waals surface area contributed by atoms with Crippen LogP contribution in [0.25, 0.3) is 17.1 Å². The molecule has 154 valence electrons. The molecule has 0 unspecified atom stereocenters. The van der Waals surface area contributed by atoms with Crippen molar-refractivity contribution in [1.82, 2.24) is 29.5 Å². The molecule has 30 heavy (non-hydrogen) atoms. The Kier molecular flexibility index (Phi) is 5.03. The average molecular weight is 409 g/mol. The van der Waals surface area contributed by atoms with Gasteiger partial charge in [-0.25, -0.2) is 23.4 Å². The van der Waals surface area contributed by atoms with Crippen LogP contribution in [0.4, 0.5) is 20.4 Å². The first-order chi connectivity index (χ1) is 14.3. The van der Waals surface area contributed by atoms with Gasteiger partial charge in [-0.1, -0.05) is 24.3 Å². The standard InChI is InChI=1S/C21H21F2N7/c1-12-9-13(2)30(27-12)18-10-17(24-11-25-18)26-21-14(3)19(29(4)28-21)15-5-7-16(8-6-15)20(22)23/h5-11,20H,1-4H3,(H,24,25,26,28). The lowest BCUT2D eigenvalue weighted by atomic mass is 10.1. The van der Waals surface area contributed by atoms with Crippen LogP contribution < -0.4 is 5.32 Å². The number of alkyl halides is 2. The number of hydrogen-bond acceptors (Lipinski definition) is 5. The Morgan fingerprint density at radius 2 is 1.70 bits per heavy atom. The van der Waals surface area contributed by atoms with Crippen LogP contribution in [0, 0.1) is 20.8 Å². The Hall–Kier alpha value is -3.62. The molecule has 1 aromatic carbocycles. The van der Waals surface area contributed by atoms with Gasteiger partial charge in [-0.2, -0.15) is 10.2 Å². The summed E-state index contributed by atoms with van der Waals surface area (Å²) < 4.78 is 29.2. The smallest absolute Gasteiger partial charge is 0.263 e. The third-order valence-electron chi connectivity index (χ3n) is 4.85. The first-order valence-electron chi connectivity index (χ1n) is 9.38. The molecule has 0 aliphatic heterocycles. The number of halogens is 2. The van der Waals surface area contributed by atoms with Gasteiger partial charge in [0.15, 0.2) is 11.6 Å². The predicted octanol–water partition coefficient (Wildman–Crippen LogP) is 4.67. The zero-order valence-electron chi connectivity index (χ0n) is 17.1. The lowest BCUT2D eigenvalue weighted by molar-refractivity contribution is 0.151. The second-order valence-corrected chi connectivity index (χ2v) is 7.09. The fourth-order valence-electron chi connectivity index (χ4n) is 3.45. The van der Waals surface area contributed by atoms with Crippen molar-refractivity contribution >= 4 is 11.6 Å². The van der Waals surface area contributed by atoms with Crippen molar-refractivity contribution in [2.75, 3.05) is 5.32 Å². The van der Waals surface area contributed by atoms with Crippen molar-refractivity contribution in [1.29, 1.82) is 0 Å². The molecule has 0 bridgehead atoms. The van der Waals surface area contributed by atoms with Crippen LogP contribution in [0.1, 0.15) is 28.9 Å². The van der Waals surface area contributed by atoms with Crippen molar-refractivity contribution in [2.24, 2.45) is 7.05 Å². The van der Waals surface area contributed by atoms with E-state index in [1.165, 1.54) is 18.5 Å². The van der Waals surface area contributed by atoms with Crippen LogP contribution >= 0.6 is 0 Å². The fourth-order valence-corrected chi connectivity index (χ4v) is 3.45. The second-order valence-electron chi connectivity index (χ2n) is 7.09. The van der Waals surface area contributed by atoms with Gasteiger partial charge in [0.25, 0.3) is 6.43 Å². The van der Waals surface area contributed by atoms with Crippen molar-refractivity contribution in [2.45, 2.75) is 27.2 Å². The predicted molar refractivity (Wildman–Crippen MR) is 110 cm³/mol. The lowest BCUT2D eigenvalue weighted by Gasteiger charge is -2.07.